The summed E-state index contributed by atoms with van der Waals surface area (Å²) in [5, 5.41) is 13.9. The second-order valence-electron chi connectivity index (χ2n) is 6.55. The third kappa shape index (κ3) is 3.57. The van der Waals surface area contributed by atoms with Crippen LogP contribution in [0.4, 0.5) is 11.4 Å². The molecule has 2 aromatic carbocycles. The van der Waals surface area contributed by atoms with Crippen molar-refractivity contribution in [1.29, 1.82) is 0 Å². The Labute approximate surface area is 156 Å². The minimum atomic E-state index is -0.445. The Morgan fingerprint density at radius 3 is 2.41 bits per heavy atom. The highest BCUT2D eigenvalue weighted by Crippen LogP contribution is 2.23. The van der Waals surface area contributed by atoms with Crippen molar-refractivity contribution in [1.82, 2.24) is 9.78 Å². The first kappa shape index (κ1) is 18.3. The molecule has 0 atom stereocenters. The molecule has 0 fully saturated rings. The first-order valence-corrected chi connectivity index (χ1v) is 8.46. The molecular weight excluding hydrogens is 344 g/mol. The number of non-ortho nitro benzene ring substituents is 1. The van der Waals surface area contributed by atoms with Crippen LogP contribution in [0.2, 0.25) is 0 Å². The van der Waals surface area contributed by atoms with Crippen LogP contribution >= 0.6 is 0 Å². The molecule has 0 bridgehead atoms. The molecule has 3 rings (SSSR count). The second-order valence-corrected chi connectivity index (χ2v) is 6.55. The van der Waals surface area contributed by atoms with E-state index in [-0.39, 0.29) is 11.2 Å². The number of nitro benzene ring substituents is 1. The predicted octanol–water partition coefficient (Wildman–Crippen LogP) is 4.06. The van der Waals surface area contributed by atoms with E-state index in [1.54, 1.807) is 13.0 Å². The minimum Gasteiger partial charge on any atom is -0.295 e. The van der Waals surface area contributed by atoms with Crippen LogP contribution in [0.5, 0.6) is 0 Å². The zero-order chi connectivity index (χ0) is 19.7. The topological polar surface area (TPSA) is 93.3 Å². The van der Waals surface area contributed by atoms with E-state index in [0.29, 0.717) is 22.5 Å². The van der Waals surface area contributed by atoms with Gasteiger partial charge < -0.3 is 0 Å². The second kappa shape index (κ2) is 7.03. The van der Waals surface area contributed by atoms with Crippen molar-refractivity contribution in [2.24, 2.45) is 4.99 Å². The number of rotatable bonds is 4. The molecule has 0 unspecified atom stereocenters. The number of nitrogens with zero attached hydrogens (tertiary/aromatic N) is 3. The summed E-state index contributed by atoms with van der Waals surface area (Å²) < 4.78 is 1.49. The summed E-state index contributed by atoms with van der Waals surface area (Å²) in [6.45, 7) is 7.58. The molecule has 138 valence electrons. The van der Waals surface area contributed by atoms with Gasteiger partial charge in [0.1, 0.15) is 0 Å². The van der Waals surface area contributed by atoms with Crippen molar-refractivity contribution in [2.45, 2.75) is 27.7 Å². The van der Waals surface area contributed by atoms with Gasteiger partial charge in [0.05, 0.1) is 21.9 Å². The van der Waals surface area contributed by atoms with E-state index >= 15 is 0 Å². The Hall–Kier alpha value is -3.48. The lowest BCUT2D eigenvalue weighted by Gasteiger charge is -2.05. The van der Waals surface area contributed by atoms with Crippen molar-refractivity contribution >= 4 is 17.6 Å². The van der Waals surface area contributed by atoms with Gasteiger partial charge in [-0.25, -0.2) is 4.68 Å². The summed E-state index contributed by atoms with van der Waals surface area (Å²) >= 11 is 0. The first-order valence-electron chi connectivity index (χ1n) is 8.46. The average Bonchev–Trinajstić information content (AvgIpc) is 2.90. The number of hydrogen-bond acceptors (Lipinski definition) is 4. The maximum atomic E-state index is 12.8. The molecule has 3 aromatic rings. The Bertz CT molecular complexity index is 1120. The van der Waals surface area contributed by atoms with Gasteiger partial charge in [0.15, 0.2) is 0 Å². The number of benzene rings is 2. The lowest BCUT2D eigenvalue weighted by Crippen LogP contribution is -2.17. The van der Waals surface area contributed by atoms with Crippen molar-refractivity contribution in [3.8, 4) is 5.69 Å². The van der Waals surface area contributed by atoms with Crippen LogP contribution in [0, 0.1) is 37.8 Å². The number of hydrogen-bond donors (Lipinski definition) is 1. The fourth-order valence-corrected chi connectivity index (χ4v) is 2.79. The van der Waals surface area contributed by atoms with Gasteiger partial charge in [-0.15, -0.1) is 0 Å². The van der Waals surface area contributed by atoms with Crippen LogP contribution in [0.25, 0.3) is 5.69 Å². The summed E-state index contributed by atoms with van der Waals surface area (Å²) in [4.78, 5) is 27.5. The standard InChI is InChI=1S/C20H20N4O3/c1-12-5-6-16(9-13(12)2)23-20(25)18(15(4)22-23)11-21-19-8-7-17(24(26)27)10-14(19)3/h5-11,22H,1-4H3. The van der Waals surface area contributed by atoms with E-state index in [1.807, 2.05) is 39.0 Å². The van der Waals surface area contributed by atoms with E-state index < -0.39 is 4.92 Å². The normalized spacial score (nSPS) is 11.3. The van der Waals surface area contributed by atoms with Crippen LogP contribution in [0.15, 0.2) is 46.2 Å². The Balaban J connectivity index is 1.98. The first-order chi connectivity index (χ1) is 12.8. The Morgan fingerprint density at radius 2 is 1.78 bits per heavy atom. The number of aliphatic imine (C=N–C) groups is 1. The molecular formula is C20H20N4O3. The predicted molar refractivity (Wildman–Crippen MR) is 106 cm³/mol. The quantitative estimate of drug-likeness (QED) is 0.430. The van der Waals surface area contributed by atoms with Gasteiger partial charge in [-0.05, 0) is 62.6 Å². The average molecular weight is 364 g/mol. The molecule has 0 amide bonds. The summed E-state index contributed by atoms with van der Waals surface area (Å²) in [6, 6.07) is 10.3. The minimum absolute atomic E-state index is 0.0152. The van der Waals surface area contributed by atoms with Gasteiger partial charge >= 0.3 is 0 Å². The summed E-state index contributed by atoms with van der Waals surface area (Å²) in [5.41, 5.74) is 5.24. The van der Waals surface area contributed by atoms with Crippen LogP contribution in [-0.2, 0) is 0 Å². The lowest BCUT2D eigenvalue weighted by atomic mass is 10.1. The summed E-state index contributed by atoms with van der Waals surface area (Å²) in [5.74, 6) is 0. The lowest BCUT2D eigenvalue weighted by molar-refractivity contribution is -0.384. The van der Waals surface area contributed by atoms with E-state index in [9.17, 15) is 14.9 Å². The number of nitro groups is 1. The number of aromatic nitrogens is 2. The Morgan fingerprint density at radius 1 is 1.04 bits per heavy atom. The maximum Gasteiger partial charge on any atom is 0.280 e. The largest absolute Gasteiger partial charge is 0.295 e. The van der Waals surface area contributed by atoms with Crippen molar-refractivity contribution in [3.05, 3.63) is 84.8 Å². The molecule has 0 spiro atoms. The van der Waals surface area contributed by atoms with E-state index in [1.165, 1.54) is 23.0 Å². The van der Waals surface area contributed by atoms with E-state index in [2.05, 4.69) is 10.1 Å². The van der Waals surface area contributed by atoms with Crippen LogP contribution < -0.4 is 5.56 Å². The molecule has 0 radical (unpaired) electrons. The van der Waals surface area contributed by atoms with Gasteiger partial charge in [0.2, 0.25) is 0 Å². The molecule has 7 nitrogen and oxygen atoms in total. The number of H-pyrrole nitrogens is 1. The fourth-order valence-electron chi connectivity index (χ4n) is 2.79. The molecule has 0 saturated carbocycles. The smallest absolute Gasteiger partial charge is 0.280 e. The van der Waals surface area contributed by atoms with Crippen LogP contribution in [0.1, 0.15) is 27.9 Å². The number of nitrogens with one attached hydrogen (secondary N) is 1. The molecule has 1 aromatic heterocycles. The zero-order valence-electron chi connectivity index (χ0n) is 15.6. The molecule has 1 N–H and O–H groups in total. The summed E-state index contributed by atoms with van der Waals surface area (Å²) in [7, 11) is 0. The molecule has 1 heterocycles. The molecule has 27 heavy (non-hydrogen) atoms. The zero-order valence-corrected chi connectivity index (χ0v) is 15.6. The third-order valence-electron chi connectivity index (χ3n) is 4.59. The van der Waals surface area contributed by atoms with Gasteiger partial charge in [-0.3, -0.25) is 25.0 Å². The SMILES string of the molecule is Cc1ccc(-n2[nH]c(C)c(C=Nc3ccc([N+](=O)[O-])cc3C)c2=O)cc1C. The van der Waals surface area contributed by atoms with Crippen LogP contribution in [-0.4, -0.2) is 20.9 Å². The molecule has 0 aliphatic rings. The highest BCUT2D eigenvalue weighted by Gasteiger charge is 2.12. The molecule has 0 saturated heterocycles. The van der Waals surface area contributed by atoms with E-state index in [4.69, 9.17) is 0 Å². The van der Waals surface area contributed by atoms with Crippen molar-refractivity contribution in [2.75, 3.05) is 0 Å². The molecule has 7 heteroatoms. The highest BCUT2D eigenvalue weighted by molar-refractivity contribution is 5.83. The summed E-state index contributed by atoms with van der Waals surface area (Å²) in [6.07, 6.45) is 1.50. The highest BCUT2D eigenvalue weighted by atomic mass is 16.6. The van der Waals surface area contributed by atoms with Gasteiger partial charge in [0, 0.05) is 24.0 Å². The van der Waals surface area contributed by atoms with Crippen LogP contribution in [0.3, 0.4) is 0 Å². The van der Waals surface area contributed by atoms with E-state index in [0.717, 1.165) is 16.8 Å². The monoisotopic (exact) mass is 364 g/mol. The number of aryl methyl sites for hydroxylation is 4. The van der Waals surface area contributed by atoms with Crippen molar-refractivity contribution in [3.63, 3.8) is 0 Å². The fraction of sp³-hybridized carbons (Fsp3) is 0.200. The Kier molecular flexibility index (Phi) is 4.77. The van der Waals surface area contributed by atoms with Gasteiger partial charge in [-0.2, -0.15) is 0 Å². The molecule has 0 aliphatic heterocycles. The van der Waals surface area contributed by atoms with Gasteiger partial charge in [-0.1, -0.05) is 6.07 Å². The number of aromatic amines is 1. The van der Waals surface area contributed by atoms with Gasteiger partial charge in [0.25, 0.3) is 11.2 Å². The maximum absolute atomic E-state index is 12.8. The van der Waals surface area contributed by atoms with Crippen molar-refractivity contribution < 1.29 is 4.92 Å². The molecule has 0 aliphatic carbocycles. The third-order valence-corrected chi connectivity index (χ3v) is 4.59.